The highest BCUT2D eigenvalue weighted by Gasteiger charge is 2.20. The Bertz CT molecular complexity index is 937. The Hall–Kier alpha value is -3.21. The van der Waals surface area contributed by atoms with E-state index in [2.05, 4.69) is 5.32 Å². The average molecular weight is 351 g/mol. The minimum absolute atomic E-state index is 0.0953. The van der Waals surface area contributed by atoms with Crippen LogP contribution in [0.4, 0.5) is 4.39 Å². The van der Waals surface area contributed by atoms with Gasteiger partial charge >= 0.3 is 5.97 Å². The first kappa shape index (κ1) is 17.6. The van der Waals surface area contributed by atoms with Crippen molar-refractivity contribution in [3.05, 3.63) is 83.7 Å². The van der Waals surface area contributed by atoms with Crippen LogP contribution in [0.5, 0.6) is 0 Å². The first-order valence-electron chi connectivity index (χ1n) is 8.25. The Morgan fingerprint density at radius 3 is 2.27 bits per heavy atom. The molecular weight excluding hydrogens is 333 g/mol. The van der Waals surface area contributed by atoms with E-state index in [4.69, 9.17) is 0 Å². The maximum absolute atomic E-state index is 13.0. The Kier molecular flexibility index (Phi) is 5.27. The third kappa shape index (κ3) is 4.45. The summed E-state index contributed by atoms with van der Waals surface area (Å²) in [5, 5.41) is 14.0. The Labute approximate surface area is 150 Å². The van der Waals surface area contributed by atoms with Crippen molar-refractivity contribution in [2.45, 2.75) is 18.9 Å². The van der Waals surface area contributed by atoms with E-state index in [-0.39, 0.29) is 24.6 Å². The number of carboxylic acids is 1. The largest absolute Gasteiger partial charge is 0.480 e. The molecule has 26 heavy (non-hydrogen) atoms. The van der Waals surface area contributed by atoms with Crippen molar-refractivity contribution in [3.63, 3.8) is 0 Å². The van der Waals surface area contributed by atoms with Crippen LogP contribution < -0.4 is 5.32 Å². The van der Waals surface area contributed by atoms with E-state index in [9.17, 15) is 19.1 Å². The van der Waals surface area contributed by atoms with Crippen LogP contribution in [-0.2, 0) is 22.4 Å². The van der Waals surface area contributed by atoms with Crippen LogP contribution in [-0.4, -0.2) is 23.0 Å². The van der Waals surface area contributed by atoms with E-state index in [1.165, 1.54) is 24.3 Å². The van der Waals surface area contributed by atoms with Crippen LogP contribution in [0.2, 0.25) is 0 Å². The molecule has 0 radical (unpaired) electrons. The molecule has 0 saturated carbocycles. The molecule has 3 aromatic carbocycles. The molecule has 0 aliphatic rings. The molecule has 3 rings (SSSR count). The number of nitrogens with one attached hydrogen (secondary N) is 1. The lowest BCUT2D eigenvalue weighted by Crippen LogP contribution is -2.43. The molecule has 0 spiro atoms. The number of benzene rings is 3. The molecule has 0 aliphatic heterocycles. The van der Waals surface area contributed by atoms with Crippen LogP contribution >= 0.6 is 0 Å². The van der Waals surface area contributed by atoms with E-state index < -0.39 is 12.0 Å². The summed E-state index contributed by atoms with van der Waals surface area (Å²) in [6.45, 7) is 0. The average Bonchev–Trinajstić information content (AvgIpc) is 2.62. The van der Waals surface area contributed by atoms with Crippen LogP contribution in [0.25, 0.3) is 10.8 Å². The van der Waals surface area contributed by atoms with Crippen molar-refractivity contribution in [3.8, 4) is 0 Å². The maximum Gasteiger partial charge on any atom is 0.326 e. The zero-order chi connectivity index (χ0) is 18.5. The normalized spacial score (nSPS) is 11.9. The molecule has 2 N–H and O–H groups in total. The lowest BCUT2D eigenvalue weighted by molar-refractivity contribution is -0.141. The van der Waals surface area contributed by atoms with Crippen molar-refractivity contribution in [1.82, 2.24) is 5.32 Å². The summed E-state index contributed by atoms with van der Waals surface area (Å²) < 4.78 is 13.0. The molecule has 132 valence electrons. The molecule has 0 heterocycles. The maximum atomic E-state index is 13.0. The van der Waals surface area contributed by atoms with E-state index in [0.29, 0.717) is 5.56 Å². The lowest BCUT2D eigenvalue weighted by Gasteiger charge is -2.15. The number of hydrogen-bond acceptors (Lipinski definition) is 2. The van der Waals surface area contributed by atoms with Gasteiger partial charge in [-0.15, -0.1) is 0 Å². The van der Waals surface area contributed by atoms with Gasteiger partial charge < -0.3 is 10.4 Å². The zero-order valence-electron chi connectivity index (χ0n) is 14.0. The van der Waals surface area contributed by atoms with Gasteiger partial charge in [0.1, 0.15) is 11.9 Å². The van der Waals surface area contributed by atoms with Crippen molar-refractivity contribution >= 4 is 22.6 Å². The standard InChI is InChI=1S/C21H18FNO3/c22-18-9-6-14(7-10-18)12-19(21(25)26)23-20(24)13-15-5-8-16-3-1-2-4-17(16)11-15/h1-11,19H,12-13H2,(H,23,24)(H,25,26)/t19-/m0/s1. The summed E-state index contributed by atoms with van der Waals surface area (Å²) >= 11 is 0. The SMILES string of the molecule is O=C(Cc1ccc2ccccc2c1)N[C@@H](Cc1ccc(F)cc1)C(=O)O. The number of rotatable bonds is 6. The fourth-order valence-electron chi connectivity index (χ4n) is 2.84. The van der Waals surface area contributed by atoms with Gasteiger partial charge in [0, 0.05) is 6.42 Å². The topological polar surface area (TPSA) is 66.4 Å². The fraction of sp³-hybridized carbons (Fsp3) is 0.143. The smallest absolute Gasteiger partial charge is 0.326 e. The Balaban J connectivity index is 1.67. The highest BCUT2D eigenvalue weighted by Crippen LogP contribution is 2.16. The molecule has 0 fully saturated rings. The predicted octanol–water partition coefficient (Wildman–Crippen LogP) is 3.33. The minimum Gasteiger partial charge on any atom is -0.480 e. The first-order valence-corrected chi connectivity index (χ1v) is 8.25. The van der Waals surface area contributed by atoms with Crippen LogP contribution in [0.3, 0.4) is 0 Å². The van der Waals surface area contributed by atoms with E-state index in [1.54, 1.807) is 0 Å². The second kappa shape index (κ2) is 7.78. The molecule has 0 saturated heterocycles. The number of hydrogen-bond donors (Lipinski definition) is 2. The van der Waals surface area contributed by atoms with Gasteiger partial charge in [0.15, 0.2) is 0 Å². The van der Waals surface area contributed by atoms with Crippen molar-refractivity contribution in [2.24, 2.45) is 0 Å². The number of carboxylic acid groups (broad SMARTS) is 1. The fourth-order valence-corrected chi connectivity index (χ4v) is 2.84. The van der Waals surface area contributed by atoms with Gasteiger partial charge in [-0.3, -0.25) is 4.79 Å². The number of amides is 1. The van der Waals surface area contributed by atoms with E-state index >= 15 is 0 Å². The van der Waals surface area contributed by atoms with Crippen LogP contribution in [0, 0.1) is 5.82 Å². The van der Waals surface area contributed by atoms with Gasteiger partial charge in [-0.05, 0) is 34.0 Å². The second-order valence-electron chi connectivity index (χ2n) is 6.15. The molecule has 3 aromatic rings. The highest BCUT2D eigenvalue weighted by molar-refractivity contribution is 5.87. The molecular formula is C21H18FNO3. The Morgan fingerprint density at radius 1 is 0.923 bits per heavy atom. The van der Waals surface area contributed by atoms with Crippen LogP contribution in [0.15, 0.2) is 66.7 Å². The number of aliphatic carboxylic acids is 1. The van der Waals surface area contributed by atoms with E-state index in [0.717, 1.165) is 16.3 Å². The number of halogens is 1. The van der Waals surface area contributed by atoms with Gasteiger partial charge in [-0.2, -0.15) is 0 Å². The summed E-state index contributed by atoms with van der Waals surface area (Å²) in [6, 6.07) is 18.0. The molecule has 4 nitrogen and oxygen atoms in total. The van der Waals surface area contributed by atoms with Crippen LogP contribution in [0.1, 0.15) is 11.1 Å². The van der Waals surface area contributed by atoms with Gasteiger partial charge in [-0.1, -0.05) is 54.6 Å². The lowest BCUT2D eigenvalue weighted by atomic mass is 10.0. The van der Waals surface area contributed by atoms with Gasteiger partial charge in [0.25, 0.3) is 0 Å². The third-order valence-electron chi connectivity index (χ3n) is 4.16. The molecule has 1 amide bonds. The molecule has 0 unspecified atom stereocenters. The molecule has 0 bridgehead atoms. The molecule has 1 atom stereocenters. The van der Waals surface area contributed by atoms with Crippen molar-refractivity contribution in [2.75, 3.05) is 0 Å². The predicted molar refractivity (Wildman–Crippen MR) is 97.3 cm³/mol. The second-order valence-corrected chi connectivity index (χ2v) is 6.15. The molecule has 0 aliphatic carbocycles. The minimum atomic E-state index is -1.12. The number of carbonyl (C=O) groups excluding carboxylic acids is 1. The summed E-state index contributed by atoms with van der Waals surface area (Å²) in [4.78, 5) is 23.7. The zero-order valence-corrected chi connectivity index (χ0v) is 14.0. The molecule has 5 heteroatoms. The summed E-state index contributed by atoms with van der Waals surface area (Å²) in [6.07, 6.45) is 0.192. The van der Waals surface area contributed by atoms with E-state index in [1.807, 2.05) is 42.5 Å². The number of carbonyl (C=O) groups is 2. The highest BCUT2D eigenvalue weighted by atomic mass is 19.1. The summed E-state index contributed by atoms with van der Waals surface area (Å²) in [7, 11) is 0. The number of fused-ring (bicyclic) bond motifs is 1. The summed E-state index contributed by atoms with van der Waals surface area (Å²) in [5.74, 6) is -1.88. The van der Waals surface area contributed by atoms with Gasteiger partial charge in [0.2, 0.25) is 5.91 Å². The Morgan fingerprint density at radius 2 is 1.58 bits per heavy atom. The quantitative estimate of drug-likeness (QED) is 0.716. The van der Waals surface area contributed by atoms with Crippen molar-refractivity contribution in [1.29, 1.82) is 0 Å². The molecule has 0 aromatic heterocycles. The van der Waals surface area contributed by atoms with Crippen molar-refractivity contribution < 1.29 is 19.1 Å². The summed E-state index contributed by atoms with van der Waals surface area (Å²) in [5.41, 5.74) is 1.46. The third-order valence-corrected chi connectivity index (χ3v) is 4.16. The van der Waals surface area contributed by atoms with Gasteiger partial charge in [-0.25, -0.2) is 9.18 Å². The monoisotopic (exact) mass is 351 g/mol. The van der Waals surface area contributed by atoms with Gasteiger partial charge in [0.05, 0.1) is 6.42 Å². The first-order chi connectivity index (χ1) is 12.5.